The summed E-state index contributed by atoms with van der Waals surface area (Å²) in [4.78, 5) is 5.02. The van der Waals surface area contributed by atoms with Crippen molar-refractivity contribution in [2.45, 2.75) is 52.1 Å². The highest BCUT2D eigenvalue weighted by atomic mass is 15.6. The zero-order chi connectivity index (χ0) is 17.9. The Morgan fingerprint density at radius 2 is 1.72 bits per heavy atom. The van der Waals surface area contributed by atoms with Crippen molar-refractivity contribution >= 4 is 5.69 Å². The summed E-state index contributed by atoms with van der Waals surface area (Å²) in [6, 6.07) is 11.0. The van der Waals surface area contributed by atoms with E-state index in [1.807, 2.05) is 4.68 Å². The lowest BCUT2D eigenvalue weighted by atomic mass is 10.0. The van der Waals surface area contributed by atoms with Gasteiger partial charge in [-0.2, -0.15) is 0 Å². The fourth-order valence-corrected chi connectivity index (χ4v) is 3.56. The average molecular weight is 342 g/mol. The van der Waals surface area contributed by atoms with Gasteiger partial charge in [0.1, 0.15) is 0 Å². The molecule has 1 aromatic carbocycles. The predicted octanol–water partition coefficient (Wildman–Crippen LogP) is 3.09. The number of para-hydroxylation sites is 1. The molecule has 0 spiro atoms. The molecule has 25 heavy (non-hydrogen) atoms. The minimum absolute atomic E-state index is 0.101. The van der Waals surface area contributed by atoms with Gasteiger partial charge in [0.05, 0.1) is 11.6 Å². The zero-order valence-corrected chi connectivity index (χ0v) is 15.9. The maximum absolute atomic E-state index is 4.40. The van der Waals surface area contributed by atoms with Gasteiger partial charge >= 0.3 is 0 Å². The van der Waals surface area contributed by atoms with Crippen LogP contribution in [0.25, 0.3) is 0 Å². The van der Waals surface area contributed by atoms with Gasteiger partial charge in [0.2, 0.25) is 0 Å². The van der Waals surface area contributed by atoms with E-state index in [0.29, 0.717) is 0 Å². The minimum Gasteiger partial charge on any atom is -0.369 e. The van der Waals surface area contributed by atoms with Gasteiger partial charge in [-0.15, -0.1) is 5.10 Å². The highest BCUT2D eigenvalue weighted by Crippen LogP contribution is 2.28. The summed E-state index contributed by atoms with van der Waals surface area (Å²) in [5, 5.41) is 12.6. The first-order chi connectivity index (χ1) is 12.0. The van der Waals surface area contributed by atoms with Crippen LogP contribution < -0.4 is 4.90 Å². The van der Waals surface area contributed by atoms with Crippen LogP contribution in [-0.4, -0.2) is 51.3 Å². The molecular formula is C19H30N6. The third-order valence-corrected chi connectivity index (χ3v) is 4.87. The predicted molar refractivity (Wildman–Crippen MR) is 101 cm³/mol. The lowest BCUT2D eigenvalue weighted by molar-refractivity contribution is 0.156. The summed E-state index contributed by atoms with van der Waals surface area (Å²) < 4.78 is 2.00. The van der Waals surface area contributed by atoms with Crippen LogP contribution in [0.5, 0.6) is 0 Å². The van der Waals surface area contributed by atoms with Crippen LogP contribution in [0.4, 0.5) is 5.69 Å². The van der Waals surface area contributed by atoms with Crippen molar-refractivity contribution in [3.63, 3.8) is 0 Å². The molecule has 1 saturated heterocycles. The number of rotatable bonds is 5. The second-order valence-corrected chi connectivity index (χ2v) is 7.78. The van der Waals surface area contributed by atoms with Crippen molar-refractivity contribution in [1.82, 2.24) is 25.1 Å². The summed E-state index contributed by atoms with van der Waals surface area (Å²) in [7, 11) is 0. The molecule has 0 aliphatic carbocycles. The van der Waals surface area contributed by atoms with Crippen LogP contribution >= 0.6 is 0 Å². The Labute approximate surface area is 150 Å². The van der Waals surface area contributed by atoms with Gasteiger partial charge in [0.25, 0.3) is 0 Å². The first-order valence-corrected chi connectivity index (χ1v) is 9.33. The molecule has 0 unspecified atom stereocenters. The lowest BCUT2D eigenvalue weighted by Crippen LogP contribution is -2.48. The van der Waals surface area contributed by atoms with Gasteiger partial charge in [-0.3, -0.25) is 4.90 Å². The summed E-state index contributed by atoms with van der Waals surface area (Å²) in [6.07, 6.45) is 2.21. The number of hydrogen-bond acceptors (Lipinski definition) is 5. The Balaban J connectivity index is 1.74. The standard InChI is InChI=1S/C19H30N6/c1-5-9-17(18-20-21-22-25(18)19(2,3)4)24-14-12-23(13-15-24)16-10-7-6-8-11-16/h6-8,10-11,17H,5,9,12-15H2,1-4H3/t17-/m1/s1. The second kappa shape index (κ2) is 7.52. The number of anilines is 1. The Hall–Kier alpha value is -1.95. The fourth-order valence-electron chi connectivity index (χ4n) is 3.56. The molecule has 1 fully saturated rings. The molecule has 1 aliphatic rings. The largest absolute Gasteiger partial charge is 0.369 e. The maximum atomic E-state index is 4.40. The number of aromatic nitrogens is 4. The van der Waals surface area contributed by atoms with E-state index in [-0.39, 0.29) is 11.6 Å². The highest BCUT2D eigenvalue weighted by molar-refractivity contribution is 5.46. The van der Waals surface area contributed by atoms with Crippen LogP contribution in [0.15, 0.2) is 30.3 Å². The Kier molecular flexibility index (Phi) is 5.37. The van der Waals surface area contributed by atoms with Crippen molar-refractivity contribution in [2.24, 2.45) is 0 Å². The van der Waals surface area contributed by atoms with Crippen LogP contribution in [0.2, 0.25) is 0 Å². The number of benzene rings is 1. The molecule has 3 rings (SSSR count). The third kappa shape index (κ3) is 4.00. The summed E-state index contributed by atoms with van der Waals surface area (Å²) in [5.74, 6) is 1.00. The summed E-state index contributed by atoms with van der Waals surface area (Å²) in [5.41, 5.74) is 1.21. The molecule has 0 radical (unpaired) electrons. The van der Waals surface area contributed by atoms with Crippen molar-refractivity contribution in [3.05, 3.63) is 36.2 Å². The molecule has 1 atom stereocenters. The van der Waals surface area contributed by atoms with E-state index in [9.17, 15) is 0 Å². The van der Waals surface area contributed by atoms with Crippen LogP contribution in [0, 0.1) is 0 Å². The molecule has 6 nitrogen and oxygen atoms in total. The number of tetrazole rings is 1. The molecule has 1 aromatic heterocycles. The highest BCUT2D eigenvalue weighted by Gasteiger charge is 2.31. The van der Waals surface area contributed by atoms with Crippen molar-refractivity contribution in [1.29, 1.82) is 0 Å². The molecule has 0 N–H and O–H groups in total. The van der Waals surface area contributed by atoms with Crippen molar-refractivity contribution in [2.75, 3.05) is 31.1 Å². The lowest BCUT2D eigenvalue weighted by Gasteiger charge is -2.40. The third-order valence-electron chi connectivity index (χ3n) is 4.87. The number of piperazine rings is 1. The molecule has 1 aliphatic heterocycles. The summed E-state index contributed by atoms with van der Waals surface area (Å²) >= 11 is 0. The normalized spacial score (nSPS) is 17.7. The monoisotopic (exact) mass is 342 g/mol. The first-order valence-electron chi connectivity index (χ1n) is 9.33. The van der Waals surface area contributed by atoms with Gasteiger partial charge in [0, 0.05) is 31.9 Å². The second-order valence-electron chi connectivity index (χ2n) is 7.78. The van der Waals surface area contributed by atoms with E-state index in [4.69, 9.17) is 0 Å². The number of nitrogens with zero attached hydrogens (tertiary/aromatic N) is 6. The van der Waals surface area contributed by atoms with E-state index in [1.54, 1.807) is 0 Å². The maximum Gasteiger partial charge on any atom is 0.168 e. The minimum atomic E-state index is -0.101. The summed E-state index contributed by atoms with van der Waals surface area (Å²) in [6.45, 7) is 12.9. The van der Waals surface area contributed by atoms with E-state index in [0.717, 1.165) is 44.8 Å². The SMILES string of the molecule is CCC[C@H](c1nnnn1C(C)(C)C)N1CCN(c2ccccc2)CC1. The molecule has 0 bridgehead atoms. The van der Waals surface area contributed by atoms with Gasteiger partial charge in [-0.05, 0) is 49.8 Å². The Morgan fingerprint density at radius 1 is 1.04 bits per heavy atom. The van der Waals surface area contributed by atoms with Gasteiger partial charge < -0.3 is 4.90 Å². The molecular weight excluding hydrogens is 312 g/mol. The van der Waals surface area contributed by atoms with Crippen LogP contribution in [-0.2, 0) is 5.54 Å². The van der Waals surface area contributed by atoms with Crippen molar-refractivity contribution < 1.29 is 0 Å². The molecule has 6 heteroatoms. The smallest absolute Gasteiger partial charge is 0.168 e. The van der Waals surface area contributed by atoms with Crippen LogP contribution in [0.3, 0.4) is 0 Å². The molecule has 0 amide bonds. The van der Waals surface area contributed by atoms with Gasteiger partial charge in [-0.25, -0.2) is 4.68 Å². The van der Waals surface area contributed by atoms with E-state index in [1.165, 1.54) is 5.69 Å². The van der Waals surface area contributed by atoms with E-state index < -0.39 is 0 Å². The van der Waals surface area contributed by atoms with E-state index >= 15 is 0 Å². The first kappa shape index (κ1) is 17.9. The molecule has 2 heterocycles. The Morgan fingerprint density at radius 3 is 2.32 bits per heavy atom. The molecule has 0 saturated carbocycles. The fraction of sp³-hybridized carbons (Fsp3) is 0.632. The molecule has 2 aromatic rings. The quantitative estimate of drug-likeness (QED) is 0.836. The van der Waals surface area contributed by atoms with Crippen molar-refractivity contribution in [3.8, 4) is 0 Å². The van der Waals surface area contributed by atoms with Gasteiger partial charge in [-0.1, -0.05) is 31.5 Å². The van der Waals surface area contributed by atoms with Gasteiger partial charge in [0.15, 0.2) is 5.82 Å². The van der Waals surface area contributed by atoms with Crippen LogP contribution in [0.1, 0.15) is 52.4 Å². The topological polar surface area (TPSA) is 50.1 Å². The van der Waals surface area contributed by atoms with E-state index in [2.05, 4.69) is 83.4 Å². The number of hydrogen-bond donors (Lipinski definition) is 0. The zero-order valence-electron chi connectivity index (χ0n) is 15.9. The Bertz CT molecular complexity index is 652. The average Bonchev–Trinajstić information content (AvgIpc) is 3.10. The molecule has 136 valence electrons.